The first kappa shape index (κ1) is 25.1. The lowest BCUT2D eigenvalue weighted by atomic mass is 10.2. The highest BCUT2D eigenvalue weighted by molar-refractivity contribution is 7.91. The molecule has 0 atom stereocenters. The molecule has 0 N–H and O–H groups in total. The van der Waals surface area contributed by atoms with E-state index >= 15 is 4.39 Å². The number of sulfone groups is 1. The Bertz CT molecular complexity index is 1770. The van der Waals surface area contributed by atoms with Crippen LogP contribution in [-0.4, -0.2) is 30.3 Å². The van der Waals surface area contributed by atoms with Gasteiger partial charge in [0.25, 0.3) is 5.56 Å². The van der Waals surface area contributed by atoms with Gasteiger partial charge in [-0.1, -0.05) is 36.4 Å². The number of methoxy groups -OCH3 is 1. The quantitative estimate of drug-likeness (QED) is 0.293. The van der Waals surface area contributed by atoms with E-state index in [1.54, 1.807) is 43.6 Å². The van der Waals surface area contributed by atoms with E-state index in [1.807, 2.05) is 24.3 Å². The fourth-order valence-corrected chi connectivity index (χ4v) is 5.32. The minimum absolute atomic E-state index is 0.00843. The van der Waals surface area contributed by atoms with Crippen molar-refractivity contribution in [2.45, 2.75) is 22.9 Å². The molecule has 0 aliphatic carbocycles. The summed E-state index contributed by atoms with van der Waals surface area (Å²) >= 11 is 0. The molecule has 192 valence electrons. The van der Waals surface area contributed by atoms with Crippen molar-refractivity contribution in [2.75, 3.05) is 7.11 Å². The molecule has 0 aliphatic rings. The number of hydrogen-bond acceptors (Lipinski definition) is 7. The van der Waals surface area contributed by atoms with Crippen molar-refractivity contribution in [3.63, 3.8) is 0 Å². The van der Waals surface area contributed by atoms with Gasteiger partial charge in [-0.2, -0.15) is 5.10 Å². The summed E-state index contributed by atoms with van der Waals surface area (Å²) in [6, 6.07) is 20.8. The molecule has 10 heteroatoms. The molecule has 0 saturated carbocycles. The Morgan fingerprint density at radius 3 is 2.42 bits per heavy atom. The van der Waals surface area contributed by atoms with Crippen LogP contribution in [0.4, 0.5) is 4.39 Å². The van der Waals surface area contributed by atoms with Crippen LogP contribution in [0.3, 0.4) is 0 Å². The van der Waals surface area contributed by atoms with Crippen molar-refractivity contribution < 1.29 is 22.3 Å². The summed E-state index contributed by atoms with van der Waals surface area (Å²) in [4.78, 5) is 16.9. The van der Waals surface area contributed by atoms with E-state index < -0.39 is 26.1 Å². The second kappa shape index (κ2) is 10.4. The normalized spacial score (nSPS) is 11.4. The Morgan fingerprint density at radius 2 is 1.68 bits per heavy atom. The molecular formula is C28H22FN3O5S. The molecule has 0 aliphatic heterocycles. The molecule has 0 radical (unpaired) electrons. The lowest BCUT2D eigenvalue weighted by Crippen LogP contribution is -2.24. The number of fused-ring (bicyclic) bond motifs is 1. The van der Waals surface area contributed by atoms with Gasteiger partial charge in [0.05, 0.1) is 30.1 Å². The van der Waals surface area contributed by atoms with Gasteiger partial charge in [-0.3, -0.25) is 4.79 Å². The Kier molecular flexibility index (Phi) is 6.89. The van der Waals surface area contributed by atoms with Crippen LogP contribution in [0.1, 0.15) is 11.1 Å². The summed E-state index contributed by atoms with van der Waals surface area (Å²) in [6.45, 7) is 0.268. The molecule has 2 aromatic heterocycles. The van der Waals surface area contributed by atoms with Gasteiger partial charge in [0.1, 0.15) is 17.3 Å². The fourth-order valence-electron chi connectivity index (χ4n) is 3.96. The molecule has 0 fully saturated rings. The third-order valence-electron chi connectivity index (χ3n) is 5.98. The number of pyridine rings is 1. The zero-order valence-corrected chi connectivity index (χ0v) is 21.1. The zero-order chi connectivity index (χ0) is 26.7. The highest BCUT2D eigenvalue weighted by atomic mass is 32.2. The lowest BCUT2D eigenvalue weighted by Gasteiger charge is -2.12. The topological polar surface area (TPSA) is 100 Å². The van der Waals surface area contributed by atoms with E-state index in [4.69, 9.17) is 9.47 Å². The molecule has 0 saturated heterocycles. The number of aromatic nitrogens is 3. The number of rotatable bonds is 8. The highest BCUT2D eigenvalue weighted by Gasteiger charge is 2.24. The molecule has 5 rings (SSSR count). The van der Waals surface area contributed by atoms with Crippen LogP contribution in [0.15, 0.2) is 106 Å². The minimum atomic E-state index is -4.11. The number of halogens is 1. The fraction of sp³-hybridized carbons (Fsp3) is 0.107. The van der Waals surface area contributed by atoms with Crippen molar-refractivity contribution in [1.29, 1.82) is 0 Å². The summed E-state index contributed by atoms with van der Waals surface area (Å²) in [5.74, 6) is 0.0378. The van der Waals surface area contributed by atoms with Crippen molar-refractivity contribution in [3.05, 3.63) is 119 Å². The van der Waals surface area contributed by atoms with E-state index in [0.29, 0.717) is 11.4 Å². The van der Waals surface area contributed by atoms with Crippen LogP contribution in [0.5, 0.6) is 11.6 Å². The molecule has 5 aromatic rings. The van der Waals surface area contributed by atoms with Crippen LogP contribution in [0.25, 0.3) is 10.8 Å². The first-order valence-electron chi connectivity index (χ1n) is 11.6. The lowest BCUT2D eigenvalue weighted by molar-refractivity contribution is 0.289. The predicted molar refractivity (Wildman–Crippen MR) is 139 cm³/mol. The molecule has 0 amide bonds. The number of nitrogens with zero attached hydrogens (tertiary/aromatic N) is 3. The average Bonchev–Trinajstić information content (AvgIpc) is 2.95. The van der Waals surface area contributed by atoms with Gasteiger partial charge in [0.15, 0.2) is 5.82 Å². The minimum Gasteiger partial charge on any atom is -0.497 e. The van der Waals surface area contributed by atoms with Crippen molar-refractivity contribution in [1.82, 2.24) is 14.8 Å². The van der Waals surface area contributed by atoms with E-state index in [2.05, 4.69) is 10.1 Å². The van der Waals surface area contributed by atoms with Crippen molar-refractivity contribution in [2.24, 2.45) is 0 Å². The van der Waals surface area contributed by atoms with Gasteiger partial charge in [-0.15, -0.1) is 0 Å². The maximum Gasteiger partial charge on any atom is 0.275 e. The van der Waals surface area contributed by atoms with Crippen LogP contribution in [0.2, 0.25) is 0 Å². The number of ether oxygens (including phenoxy) is 2. The summed E-state index contributed by atoms with van der Waals surface area (Å²) in [6.07, 6.45) is 2.73. The number of benzene rings is 3. The Hall–Kier alpha value is -4.57. The van der Waals surface area contributed by atoms with E-state index in [0.717, 1.165) is 28.3 Å². The van der Waals surface area contributed by atoms with Gasteiger partial charge in [0.2, 0.25) is 15.7 Å². The Balaban J connectivity index is 1.43. The highest BCUT2D eigenvalue weighted by Crippen LogP contribution is 2.27. The molecule has 0 unspecified atom stereocenters. The standard InChI is InChI=1S/C28H22FN3O5S/c1-36-21-11-9-19(10-12-21)18-37-27-20(6-5-15-30-27)17-32-28(33)23-13-14-25(26(29)24(23)16-31-32)38(34,35)22-7-3-2-4-8-22/h2-16H,17-18H2,1H3. The zero-order valence-electron chi connectivity index (χ0n) is 20.2. The van der Waals surface area contributed by atoms with E-state index in [-0.39, 0.29) is 28.8 Å². The molecule has 0 spiro atoms. The monoisotopic (exact) mass is 531 g/mol. The second-order valence-electron chi connectivity index (χ2n) is 8.37. The average molecular weight is 532 g/mol. The summed E-state index contributed by atoms with van der Waals surface area (Å²) in [5, 5.41) is 3.94. The van der Waals surface area contributed by atoms with Crippen molar-refractivity contribution in [3.8, 4) is 11.6 Å². The third-order valence-corrected chi connectivity index (χ3v) is 7.77. The van der Waals surface area contributed by atoms with E-state index in [9.17, 15) is 13.2 Å². The molecule has 8 nitrogen and oxygen atoms in total. The Labute approximate surface area is 217 Å². The SMILES string of the molecule is COc1ccc(COc2ncccc2Cn2ncc3c(F)c(S(=O)(=O)c4ccccc4)ccc3c2=O)cc1. The largest absolute Gasteiger partial charge is 0.497 e. The Morgan fingerprint density at radius 1 is 0.921 bits per heavy atom. The maximum absolute atomic E-state index is 15.4. The van der Waals surface area contributed by atoms with Crippen LogP contribution < -0.4 is 15.0 Å². The molecule has 2 heterocycles. The van der Waals surface area contributed by atoms with Gasteiger partial charge >= 0.3 is 0 Å². The summed E-state index contributed by atoms with van der Waals surface area (Å²) in [7, 11) is -2.52. The number of hydrogen-bond donors (Lipinski definition) is 0. The summed E-state index contributed by atoms with van der Waals surface area (Å²) < 4.78 is 53.5. The van der Waals surface area contributed by atoms with Gasteiger partial charge < -0.3 is 9.47 Å². The van der Waals surface area contributed by atoms with Crippen molar-refractivity contribution >= 4 is 20.6 Å². The first-order chi connectivity index (χ1) is 18.4. The molecule has 38 heavy (non-hydrogen) atoms. The van der Waals surface area contributed by atoms with Gasteiger partial charge in [0, 0.05) is 17.1 Å². The first-order valence-corrected chi connectivity index (χ1v) is 13.0. The summed E-state index contributed by atoms with van der Waals surface area (Å²) in [5.41, 5.74) is 0.925. The van der Waals surface area contributed by atoms with Crippen LogP contribution >= 0.6 is 0 Å². The second-order valence-corrected chi connectivity index (χ2v) is 10.3. The maximum atomic E-state index is 15.4. The molecular weight excluding hydrogens is 509 g/mol. The van der Waals surface area contributed by atoms with Gasteiger partial charge in [-0.25, -0.2) is 22.5 Å². The van der Waals surface area contributed by atoms with Crippen LogP contribution in [0, 0.1) is 5.82 Å². The van der Waals surface area contributed by atoms with Gasteiger partial charge in [-0.05, 0) is 48.0 Å². The molecule has 3 aromatic carbocycles. The predicted octanol–water partition coefficient (Wildman–Crippen LogP) is 4.40. The van der Waals surface area contributed by atoms with E-state index in [1.165, 1.54) is 18.2 Å². The molecule has 0 bridgehead atoms. The van der Waals surface area contributed by atoms with Crippen LogP contribution in [-0.2, 0) is 23.0 Å². The third kappa shape index (κ3) is 4.85. The smallest absolute Gasteiger partial charge is 0.275 e.